The number of aromatic nitrogens is 1. The maximum Gasteiger partial charge on any atom is 0.416 e. The van der Waals surface area contributed by atoms with Crippen LogP contribution in [0.25, 0.3) is 0 Å². The molecule has 1 amide bonds. The van der Waals surface area contributed by atoms with Crippen molar-refractivity contribution in [3.05, 3.63) is 101 Å². The van der Waals surface area contributed by atoms with E-state index in [2.05, 4.69) is 31.1 Å². The van der Waals surface area contributed by atoms with Gasteiger partial charge < -0.3 is 29.5 Å². The number of aliphatic hydroxyl groups is 1. The van der Waals surface area contributed by atoms with E-state index >= 15 is 0 Å². The number of nitrogens with one attached hydrogen (secondary N) is 1. The predicted molar refractivity (Wildman–Crippen MR) is 171 cm³/mol. The molecule has 1 fully saturated rings. The van der Waals surface area contributed by atoms with Crippen LogP contribution >= 0.6 is 0 Å². The molecule has 13 heteroatoms. The van der Waals surface area contributed by atoms with Crippen LogP contribution in [0, 0.1) is 0 Å². The normalized spacial score (nSPS) is 16.9. The molecule has 1 aromatic heterocycles. The van der Waals surface area contributed by atoms with Crippen LogP contribution in [0.15, 0.2) is 79.0 Å². The third kappa shape index (κ3) is 7.03. The van der Waals surface area contributed by atoms with Gasteiger partial charge in [0.05, 0.1) is 17.7 Å². The molecule has 10 nitrogen and oxygen atoms in total. The molecule has 3 aliphatic heterocycles. The number of ether oxygens (including phenoxy) is 3. The van der Waals surface area contributed by atoms with Crippen LogP contribution in [-0.2, 0) is 19.1 Å². The first-order valence-corrected chi connectivity index (χ1v) is 15.7. The summed E-state index contributed by atoms with van der Waals surface area (Å²) >= 11 is 0. The molecule has 4 aromatic rings. The molecule has 48 heavy (non-hydrogen) atoms. The molecule has 7 rings (SSSR count). The summed E-state index contributed by atoms with van der Waals surface area (Å²) < 4.78 is 55.5. The average molecular weight is 662 g/mol. The summed E-state index contributed by atoms with van der Waals surface area (Å²) in [6, 6.07) is 19.2. The van der Waals surface area contributed by atoms with Crippen molar-refractivity contribution < 1.29 is 37.3 Å². The second kappa shape index (κ2) is 13.3. The number of pyridine rings is 1. The monoisotopic (exact) mass is 661 g/mol. The Bertz CT molecular complexity index is 1760. The molecule has 0 aliphatic carbocycles. The quantitative estimate of drug-likeness (QED) is 0.245. The van der Waals surface area contributed by atoms with E-state index in [0.29, 0.717) is 18.2 Å². The first-order valence-electron chi connectivity index (χ1n) is 15.7. The van der Waals surface area contributed by atoms with Crippen LogP contribution in [0.4, 0.5) is 24.5 Å². The minimum absolute atomic E-state index is 0.231. The summed E-state index contributed by atoms with van der Waals surface area (Å²) in [4.78, 5) is 23.6. The van der Waals surface area contributed by atoms with Gasteiger partial charge in [0, 0.05) is 68.5 Å². The Balaban J connectivity index is 0.913. The summed E-state index contributed by atoms with van der Waals surface area (Å²) in [5.41, 5.74) is 2.87. The van der Waals surface area contributed by atoms with Crippen molar-refractivity contribution in [1.29, 1.82) is 0 Å². The fraction of sp³-hybridized carbons (Fsp3) is 0.314. The van der Waals surface area contributed by atoms with E-state index in [1.54, 1.807) is 12.1 Å². The Kier molecular flexibility index (Phi) is 8.82. The number of alkyl halides is 3. The van der Waals surface area contributed by atoms with Crippen molar-refractivity contribution in [2.45, 2.75) is 25.4 Å². The second-order valence-corrected chi connectivity index (χ2v) is 11.9. The maximum atomic E-state index is 12.8. The molecule has 0 bridgehead atoms. The predicted octanol–water partition coefficient (Wildman–Crippen LogP) is 5.37. The van der Waals surface area contributed by atoms with Crippen LogP contribution in [0.2, 0.25) is 0 Å². The molecule has 3 aromatic carbocycles. The largest absolute Gasteiger partial charge is 0.454 e. The van der Waals surface area contributed by atoms with Gasteiger partial charge in [0.2, 0.25) is 12.7 Å². The number of aliphatic hydroxyl groups excluding tert-OH is 1. The van der Waals surface area contributed by atoms with Crippen LogP contribution in [0.5, 0.6) is 23.1 Å². The van der Waals surface area contributed by atoms with Crippen molar-refractivity contribution in [3.8, 4) is 23.1 Å². The molecule has 4 heterocycles. The number of β-amino-alcohol motifs (C(OH)–C–C–N with tert-alkyl or cyclic N) is 1. The minimum atomic E-state index is -4.45. The molecule has 0 spiro atoms. The Labute approximate surface area is 275 Å². The molecule has 3 aliphatic rings. The third-order valence-corrected chi connectivity index (χ3v) is 8.82. The number of rotatable bonds is 9. The molecule has 1 atom stereocenters. The van der Waals surface area contributed by atoms with Crippen LogP contribution in [-0.4, -0.2) is 78.1 Å². The van der Waals surface area contributed by atoms with Crippen molar-refractivity contribution in [1.82, 2.24) is 14.8 Å². The second-order valence-electron chi connectivity index (χ2n) is 11.9. The smallest absolute Gasteiger partial charge is 0.416 e. The van der Waals surface area contributed by atoms with Crippen molar-refractivity contribution >= 4 is 17.3 Å². The first kappa shape index (κ1) is 31.7. The van der Waals surface area contributed by atoms with Gasteiger partial charge >= 0.3 is 6.18 Å². The topological polar surface area (TPSA) is 99.6 Å². The third-order valence-electron chi connectivity index (χ3n) is 8.82. The Morgan fingerprint density at radius 3 is 2.50 bits per heavy atom. The van der Waals surface area contributed by atoms with Crippen molar-refractivity contribution in [3.63, 3.8) is 0 Å². The maximum absolute atomic E-state index is 12.8. The SMILES string of the molecule is O=C(Nc1ccc(C(F)(F)F)cc1)c1ccc(Oc2cccc3c2CCN3CC(O)N2CCN(Cc3ccc4c(c3)OCO4)CC2)nc1. The number of carbonyl (C=O) groups excluding carboxylic acids is 1. The lowest BCUT2D eigenvalue weighted by molar-refractivity contribution is -0.137. The van der Waals surface area contributed by atoms with Crippen molar-refractivity contribution in [2.75, 3.05) is 56.3 Å². The van der Waals surface area contributed by atoms with E-state index < -0.39 is 23.9 Å². The molecule has 250 valence electrons. The van der Waals surface area contributed by atoms with Gasteiger partial charge in [-0.05, 0) is 66.6 Å². The van der Waals surface area contributed by atoms with Gasteiger partial charge in [0.1, 0.15) is 12.0 Å². The van der Waals surface area contributed by atoms with E-state index in [-0.39, 0.29) is 18.0 Å². The summed E-state index contributed by atoms with van der Waals surface area (Å²) in [5.74, 6) is 2.01. The van der Waals surface area contributed by atoms with E-state index in [9.17, 15) is 23.1 Å². The van der Waals surface area contributed by atoms with E-state index in [0.717, 1.165) is 80.6 Å². The number of halogens is 3. The fourth-order valence-electron chi connectivity index (χ4n) is 6.22. The standard InChI is InChI=1S/C35H34F3N5O5/c36-35(37,38)25-6-8-26(9-7-25)40-34(45)24-5-11-32(39-19-24)48-29-3-1-2-28-27(29)12-13-43(28)21-33(44)42-16-14-41(15-17-42)20-23-4-10-30-31(18-23)47-22-46-30/h1-11,18-19,33,44H,12-17,20-22H2,(H,40,45). The van der Waals surface area contributed by atoms with Gasteiger partial charge in [-0.3, -0.25) is 14.6 Å². The highest BCUT2D eigenvalue weighted by Crippen LogP contribution is 2.37. The van der Waals surface area contributed by atoms with Crippen LogP contribution in [0.1, 0.15) is 27.0 Å². The first-order chi connectivity index (χ1) is 23.2. The summed E-state index contributed by atoms with van der Waals surface area (Å²) in [5, 5.41) is 13.7. The van der Waals surface area contributed by atoms with Gasteiger partial charge in [-0.25, -0.2) is 4.98 Å². The lowest BCUT2D eigenvalue weighted by atomic mass is 10.1. The minimum Gasteiger partial charge on any atom is -0.454 e. The molecule has 0 saturated carbocycles. The van der Waals surface area contributed by atoms with Gasteiger partial charge in [-0.15, -0.1) is 0 Å². The number of amides is 1. The number of hydrogen-bond acceptors (Lipinski definition) is 9. The van der Waals surface area contributed by atoms with Gasteiger partial charge in [-0.2, -0.15) is 13.2 Å². The summed E-state index contributed by atoms with van der Waals surface area (Å²) in [6.45, 7) is 5.52. The number of fused-ring (bicyclic) bond motifs is 2. The molecular weight excluding hydrogens is 627 g/mol. The molecule has 0 radical (unpaired) electrons. The Hall–Kier alpha value is -4.85. The molecule has 1 saturated heterocycles. The van der Waals surface area contributed by atoms with E-state index in [1.165, 1.54) is 23.9 Å². The number of nitrogens with zero attached hydrogens (tertiary/aromatic N) is 4. The van der Waals surface area contributed by atoms with Gasteiger partial charge in [-0.1, -0.05) is 12.1 Å². The highest BCUT2D eigenvalue weighted by Gasteiger charge is 2.31. The molecule has 1 unspecified atom stereocenters. The summed E-state index contributed by atoms with van der Waals surface area (Å²) in [6.07, 6.45) is -2.96. The van der Waals surface area contributed by atoms with E-state index in [4.69, 9.17) is 14.2 Å². The van der Waals surface area contributed by atoms with Gasteiger partial charge in [0.15, 0.2) is 11.5 Å². The summed E-state index contributed by atoms with van der Waals surface area (Å²) in [7, 11) is 0. The number of carbonyl (C=O) groups is 1. The van der Waals surface area contributed by atoms with Crippen LogP contribution in [0.3, 0.4) is 0 Å². The van der Waals surface area contributed by atoms with Crippen molar-refractivity contribution in [2.24, 2.45) is 0 Å². The number of hydrogen-bond donors (Lipinski definition) is 2. The Morgan fingerprint density at radius 2 is 1.75 bits per heavy atom. The fourth-order valence-corrected chi connectivity index (χ4v) is 6.22. The molecular formula is C35H34F3N5O5. The number of piperazine rings is 1. The zero-order valence-corrected chi connectivity index (χ0v) is 25.9. The highest BCUT2D eigenvalue weighted by atomic mass is 19.4. The zero-order valence-electron chi connectivity index (χ0n) is 25.9. The lowest BCUT2D eigenvalue weighted by Crippen LogP contribution is -2.53. The van der Waals surface area contributed by atoms with Crippen LogP contribution < -0.4 is 24.4 Å². The van der Waals surface area contributed by atoms with Gasteiger partial charge in [0.25, 0.3) is 5.91 Å². The van der Waals surface area contributed by atoms with E-state index in [1.807, 2.05) is 30.3 Å². The lowest BCUT2D eigenvalue weighted by Gasteiger charge is -2.38. The number of anilines is 2. The zero-order chi connectivity index (χ0) is 33.3. The highest BCUT2D eigenvalue weighted by molar-refractivity contribution is 6.04. The molecule has 2 N–H and O–H groups in total. The number of benzene rings is 3. The average Bonchev–Trinajstić information content (AvgIpc) is 3.73. The Morgan fingerprint density at radius 1 is 0.958 bits per heavy atom.